The van der Waals surface area contributed by atoms with Crippen LogP contribution in [0.4, 0.5) is 0 Å². The van der Waals surface area contributed by atoms with E-state index in [9.17, 15) is 15.0 Å². The highest BCUT2D eigenvalue weighted by molar-refractivity contribution is 5.76. The van der Waals surface area contributed by atoms with Crippen LogP contribution in [0.2, 0.25) is 0 Å². The number of rotatable bonds is 24. The van der Waals surface area contributed by atoms with Crippen LogP contribution < -0.4 is 5.32 Å². The van der Waals surface area contributed by atoms with Crippen LogP contribution in [0.1, 0.15) is 136 Å². The SMILES string of the molecule is CCCC/C=C\CCCCCCCC(=O)NC(CO)C(O)/C=C/CCCCCCCCCC. The molecule has 0 bridgehead atoms. The van der Waals surface area contributed by atoms with Crippen LogP contribution in [0.25, 0.3) is 0 Å². The van der Waals surface area contributed by atoms with Gasteiger partial charge in [0.15, 0.2) is 0 Å². The fraction of sp³-hybridized carbons (Fsp3) is 0.828. The maximum absolute atomic E-state index is 12.2. The number of amides is 1. The van der Waals surface area contributed by atoms with E-state index in [2.05, 4.69) is 31.3 Å². The molecule has 0 heterocycles. The summed E-state index contributed by atoms with van der Waals surface area (Å²) < 4.78 is 0. The Bertz CT molecular complexity index is 475. The molecular formula is C29H55NO3. The molecule has 0 radical (unpaired) electrons. The third kappa shape index (κ3) is 22.4. The summed E-state index contributed by atoms with van der Waals surface area (Å²) in [6, 6.07) is -0.619. The van der Waals surface area contributed by atoms with Gasteiger partial charge < -0.3 is 15.5 Å². The molecule has 0 aromatic rings. The van der Waals surface area contributed by atoms with E-state index >= 15 is 0 Å². The van der Waals surface area contributed by atoms with E-state index in [-0.39, 0.29) is 12.5 Å². The van der Waals surface area contributed by atoms with Gasteiger partial charge in [-0.15, -0.1) is 0 Å². The number of allylic oxidation sites excluding steroid dienone is 3. The second kappa shape index (κ2) is 25.5. The minimum absolute atomic E-state index is 0.0802. The zero-order valence-electron chi connectivity index (χ0n) is 21.9. The number of hydrogen-bond acceptors (Lipinski definition) is 3. The Hall–Kier alpha value is -1.13. The predicted molar refractivity (Wildman–Crippen MR) is 142 cm³/mol. The highest BCUT2D eigenvalue weighted by Gasteiger charge is 2.17. The van der Waals surface area contributed by atoms with Crippen LogP contribution in [-0.4, -0.2) is 34.9 Å². The highest BCUT2D eigenvalue weighted by atomic mass is 16.3. The summed E-state index contributed by atoms with van der Waals surface area (Å²) in [7, 11) is 0. The van der Waals surface area contributed by atoms with E-state index < -0.39 is 12.1 Å². The van der Waals surface area contributed by atoms with Crippen LogP contribution in [0.15, 0.2) is 24.3 Å². The minimum Gasteiger partial charge on any atom is -0.394 e. The molecule has 0 fully saturated rings. The van der Waals surface area contributed by atoms with E-state index in [1.807, 2.05) is 6.08 Å². The average Bonchev–Trinajstić information content (AvgIpc) is 2.82. The standard InChI is InChI=1S/C29H55NO3/c1-3-5-7-9-11-13-15-17-19-21-23-25-29(33)30-27(26-31)28(32)24-22-20-18-16-14-12-10-8-6-4-2/h9,11,22,24,27-28,31-32H,3-8,10,12-21,23,25-26H2,1-2H3,(H,30,33)/b11-9-,24-22+. The van der Waals surface area contributed by atoms with E-state index in [1.54, 1.807) is 6.08 Å². The lowest BCUT2D eigenvalue weighted by atomic mass is 10.1. The van der Waals surface area contributed by atoms with Gasteiger partial charge in [-0.05, 0) is 38.5 Å². The highest BCUT2D eigenvalue weighted by Crippen LogP contribution is 2.11. The maximum Gasteiger partial charge on any atom is 0.220 e. The van der Waals surface area contributed by atoms with Gasteiger partial charge in [-0.3, -0.25) is 4.79 Å². The van der Waals surface area contributed by atoms with Crippen molar-refractivity contribution < 1.29 is 15.0 Å². The van der Waals surface area contributed by atoms with Gasteiger partial charge in [-0.2, -0.15) is 0 Å². The van der Waals surface area contributed by atoms with E-state index in [0.29, 0.717) is 6.42 Å². The molecule has 2 atom stereocenters. The molecule has 4 heteroatoms. The zero-order valence-corrected chi connectivity index (χ0v) is 21.9. The molecule has 33 heavy (non-hydrogen) atoms. The molecule has 0 aromatic heterocycles. The first-order valence-electron chi connectivity index (χ1n) is 14.1. The summed E-state index contributed by atoms with van der Waals surface area (Å²) >= 11 is 0. The lowest BCUT2D eigenvalue weighted by Crippen LogP contribution is -2.45. The molecule has 0 saturated heterocycles. The topological polar surface area (TPSA) is 69.6 Å². The summed E-state index contributed by atoms with van der Waals surface area (Å²) in [6.07, 6.45) is 29.6. The van der Waals surface area contributed by atoms with Crippen LogP contribution in [0.3, 0.4) is 0 Å². The number of unbranched alkanes of at least 4 members (excludes halogenated alkanes) is 15. The molecule has 0 saturated carbocycles. The lowest BCUT2D eigenvalue weighted by molar-refractivity contribution is -0.123. The van der Waals surface area contributed by atoms with Crippen molar-refractivity contribution >= 4 is 5.91 Å². The van der Waals surface area contributed by atoms with Gasteiger partial charge in [0.1, 0.15) is 0 Å². The van der Waals surface area contributed by atoms with Gasteiger partial charge >= 0.3 is 0 Å². The van der Waals surface area contributed by atoms with Gasteiger partial charge in [0.05, 0.1) is 18.8 Å². The quantitative estimate of drug-likeness (QED) is 0.103. The molecule has 3 N–H and O–H groups in total. The van der Waals surface area contributed by atoms with E-state index in [1.165, 1.54) is 77.0 Å². The van der Waals surface area contributed by atoms with Crippen LogP contribution in [0, 0.1) is 0 Å². The average molecular weight is 466 g/mol. The van der Waals surface area contributed by atoms with Gasteiger partial charge in [0.25, 0.3) is 0 Å². The first-order valence-corrected chi connectivity index (χ1v) is 14.1. The number of carbonyl (C=O) groups is 1. The Morgan fingerprint density at radius 1 is 0.697 bits per heavy atom. The van der Waals surface area contributed by atoms with Crippen LogP contribution >= 0.6 is 0 Å². The molecular weight excluding hydrogens is 410 g/mol. The summed E-state index contributed by atoms with van der Waals surface area (Å²) in [5.74, 6) is -0.0802. The fourth-order valence-electron chi connectivity index (χ4n) is 3.92. The van der Waals surface area contributed by atoms with Gasteiger partial charge in [-0.25, -0.2) is 0 Å². The Morgan fingerprint density at radius 3 is 1.76 bits per heavy atom. The van der Waals surface area contributed by atoms with E-state index in [0.717, 1.165) is 38.5 Å². The summed E-state index contributed by atoms with van der Waals surface area (Å²) in [5, 5.41) is 22.6. The number of aliphatic hydroxyl groups excluding tert-OH is 2. The van der Waals surface area contributed by atoms with Gasteiger partial charge in [-0.1, -0.05) is 115 Å². The smallest absolute Gasteiger partial charge is 0.220 e. The fourth-order valence-corrected chi connectivity index (χ4v) is 3.92. The lowest BCUT2D eigenvalue weighted by Gasteiger charge is -2.20. The molecule has 0 aliphatic heterocycles. The Balaban J connectivity index is 3.74. The first kappa shape index (κ1) is 31.9. The third-order valence-corrected chi connectivity index (χ3v) is 6.18. The third-order valence-electron chi connectivity index (χ3n) is 6.18. The molecule has 0 aliphatic carbocycles. The molecule has 2 unspecified atom stereocenters. The second-order valence-corrected chi connectivity index (χ2v) is 9.46. The predicted octanol–water partition coefficient (Wildman–Crippen LogP) is 7.39. The number of carbonyl (C=O) groups excluding carboxylic acids is 1. The van der Waals surface area contributed by atoms with Gasteiger partial charge in [0.2, 0.25) is 5.91 Å². The summed E-state index contributed by atoms with van der Waals surface area (Å²) in [6.45, 7) is 4.21. The molecule has 0 aromatic carbocycles. The molecule has 0 spiro atoms. The van der Waals surface area contributed by atoms with Crippen molar-refractivity contribution in [2.24, 2.45) is 0 Å². The minimum atomic E-state index is -0.835. The van der Waals surface area contributed by atoms with Crippen molar-refractivity contribution in [1.82, 2.24) is 5.32 Å². The second-order valence-electron chi connectivity index (χ2n) is 9.46. The number of hydrogen-bond donors (Lipinski definition) is 3. The summed E-state index contributed by atoms with van der Waals surface area (Å²) in [4.78, 5) is 12.2. The van der Waals surface area contributed by atoms with Crippen molar-refractivity contribution in [3.05, 3.63) is 24.3 Å². The van der Waals surface area contributed by atoms with Crippen LogP contribution in [0.5, 0.6) is 0 Å². The first-order chi connectivity index (χ1) is 16.2. The summed E-state index contributed by atoms with van der Waals surface area (Å²) in [5.41, 5.74) is 0. The van der Waals surface area contributed by atoms with Gasteiger partial charge in [0, 0.05) is 6.42 Å². The molecule has 0 aliphatic rings. The zero-order chi connectivity index (χ0) is 24.4. The van der Waals surface area contributed by atoms with Crippen molar-refractivity contribution in [3.8, 4) is 0 Å². The number of nitrogens with one attached hydrogen (secondary N) is 1. The number of aliphatic hydroxyl groups is 2. The van der Waals surface area contributed by atoms with Crippen molar-refractivity contribution in [2.45, 2.75) is 148 Å². The van der Waals surface area contributed by atoms with Crippen molar-refractivity contribution in [1.29, 1.82) is 0 Å². The Kier molecular flexibility index (Phi) is 24.6. The molecule has 194 valence electrons. The van der Waals surface area contributed by atoms with E-state index in [4.69, 9.17) is 0 Å². The molecule has 0 rings (SSSR count). The Labute approximate surface area is 205 Å². The monoisotopic (exact) mass is 465 g/mol. The van der Waals surface area contributed by atoms with Crippen molar-refractivity contribution in [3.63, 3.8) is 0 Å². The van der Waals surface area contributed by atoms with Crippen LogP contribution in [-0.2, 0) is 4.79 Å². The molecule has 1 amide bonds. The Morgan fingerprint density at radius 2 is 1.18 bits per heavy atom. The van der Waals surface area contributed by atoms with Crippen molar-refractivity contribution in [2.75, 3.05) is 6.61 Å². The normalized spacial score (nSPS) is 13.7. The largest absolute Gasteiger partial charge is 0.394 e. The molecule has 4 nitrogen and oxygen atoms in total. The maximum atomic E-state index is 12.2.